The van der Waals surface area contributed by atoms with Crippen molar-refractivity contribution in [2.45, 2.75) is 31.5 Å². The van der Waals surface area contributed by atoms with Gasteiger partial charge in [0.15, 0.2) is 0 Å². The van der Waals surface area contributed by atoms with Crippen LogP contribution in [0.4, 0.5) is 0 Å². The minimum Gasteiger partial charge on any atom is -0.481 e. The molecule has 1 aliphatic rings. The lowest BCUT2D eigenvalue weighted by Crippen LogP contribution is -2.33. The Morgan fingerprint density at radius 3 is 3.00 bits per heavy atom. The molecule has 2 atom stereocenters. The second-order valence-corrected chi connectivity index (χ2v) is 3.54. The summed E-state index contributed by atoms with van der Waals surface area (Å²) in [6.07, 6.45) is 1.34. The van der Waals surface area contributed by atoms with Gasteiger partial charge in [-0.1, -0.05) is 0 Å². The predicted molar refractivity (Wildman–Crippen MR) is 50.1 cm³/mol. The van der Waals surface area contributed by atoms with Gasteiger partial charge in [0.25, 0.3) is 0 Å². The molecule has 1 saturated heterocycles. The molecule has 0 saturated carbocycles. The average molecular weight is 203 g/mol. The highest BCUT2D eigenvalue weighted by Crippen LogP contribution is 2.10. The summed E-state index contributed by atoms with van der Waals surface area (Å²) in [6.45, 7) is 1.81. The van der Waals surface area contributed by atoms with Gasteiger partial charge in [0.1, 0.15) is 0 Å². The maximum Gasteiger partial charge on any atom is 0.306 e. The number of ether oxygens (including phenoxy) is 1. The smallest absolute Gasteiger partial charge is 0.306 e. The summed E-state index contributed by atoms with van der Waals surface area (Å²) in [5.74, 6) is -0.976. The molecule has 0 aliphatic carbocycles. The first-order valence-corrected chi connectivity index (χ1v) is 4.90. The molecule has 0 spiro atoms. The molecule has 5 heteroatoms. The zero-order valence-electron chi connectivity index (χ0n) is 8.11. The number of aliphatic carboxylic acids is 1. The van der Waals surface area contributed by atoms with Crippen molar-refractivity contribution >= 4 is 5.97 Å². The van der Waals surface area contributed by atoms with Crippen molar-refractivity contribution in [1.29, 1.82) is 0 Å². The van der Waals surface area contributed by atoms with Crippen molar-refractivity contribution in [2.24, 2.45) is 0 Å². The van der Waals surface area contributed by atoms with Gasteiger partial charge >= 0.3 is 5.97 Å². The van der Waals surface area contributed by atoms with Gasteiger partial charge in [-0.2, -0.15) is 0 Å². The number of nitrogens with one attached hydrogen (secondary N) is 1. The molecule has 1 heterocycles. The van der Waals surface area contributed by atoms with Crippen molar-refractivity contribution in [1.82, 2.24) is 5.32 Å². The van der Waals surface area contributed by atoms with Crippen molar-refractivity contribution in [3.05, 3.63) is 0 Å². The van der Waals surface area contributed by atoms with E-state index in [4.69, 9.17) is 9.84 Å². The van der Waals surface area contributed by atoms with Gasteiger partial charge in [-0.05, 0) is 12.8 Å². The van der Waals surface area contributed by atoms with E-state index in [9.17, 15) is 9.90 Å². The molecule has 1 aliphatic heterocycles. The maximum absolute atomic E-state index is 10.2. The number of hydrogen-bond donors (Lipinski definition) is 3. The molecule has 5 nitrogen and oxygen atoms in total. The monoisotopic (exact) mass is 203 g/mol. The topological polar surface area (TPSA) is 78.8 Å². The molecule has 1 fully saturated rings. The van der Waals surface area contributed by atoms with E-state index in [0.717, 1.165) is 19.4 Å². The molecule has 0 amide bonds. The third-order valence-electron chi connectivity index (χ3n) is 2.19. The Bertz CT molecular complexity index is 180. The van der Waals surface area contributed by atoms with E-state index in [1.54, 1.807) is 0 Å². The molecule has 0 bridgehead atoms. The normalized spacial score (nSPS) is 23.6. The lowest BCUT2D eigenvalue weighted by Gasteiger charge is -2.13. The van der Waals surface area contributed by atoms with Crippen LogP contribution in [-0.4, -0.2) is 48.1 Å². The number of aliphatic hydroxyl groups is 1. The van der Waals surface area contributed by atoms with Gasteiger partial charge < -0.3 is 20.3 Å². The van der Waals surface area contributed by atoms with Gasteiger partial charge in [0.05, 0.1) is 18.6 Å². The van der Waals surface area contributed by atoms with Crippen molar-refractivity contribution in [3.8, 4) is 0 Å². The van der Waals surface area contributed by atoms with Gasteiger partial charge in [-0.25, -0.2) is 0 Å². The van der Waals surface area contributed by atoms with Crippen LogP contribution in [0, 0.1) is 0 Å². The number of rotatable bonds is 6. The highest BCUT2D eigenvalue weighted by molar-refractivity contribution is 5.67. The van der Waals surface area contributed by atoms with Gasteiger partial charge in [0, 0.05) is 19.7 Å². The predicted octanol–water partition coefficient (Wildman–Crippen LogP) is -0.409. The van der Waals surface area contributed by atoms with E-state index >= 15 is 0 Å². The second-order valence-electron chi connectivity index (χ2n) is 3.54. The van der Waals surface area contributed by atoms with Crippen LogP contribution in [0.3, 0.4) is 0 Å². The van der Waals surface area contributed by atoms with Crippen LogP contribution in [0.25, 0.3) is 0 Å². The van der Waals surface area contributed by atoms with E-state index in [1.165, 1.54) is 0 Å². The first kappa shape index (κ1) is 11.4. The van der Waals surface area contributed by atoms with Gasteiger partial charge in [-0.15, -0.1) is 0 Å². The number of carbonyl (C=O) groups is 1. The second kappa shape index (κ2) is 5.95. The zero-order chi connectivity index (χ0) is 10.4. The summed E-state index contributed by atoms with van der Waals surface area (Å²) in [5.41, 5.74) is 0. The van der Waals surface area contributed by atoms with E-state index in [-0.39, 0.29) is 12.5 Å². The third kappa shape index (κ3) is 4.55. The molecule has 1 rings (SSSR count). The molecular formula is C9H17NO4. The van der Waals surface area contributed by atoms with Crippen LogP contribution in [0.5, 0.6) is 0 Å². The number of aliphatic hydroxyl groups excluding tert-OH is 1. The van der Waals surface area contributed by atoms with E-state index in [0.29, 0.717) is 13.1 Å². The van der Waals surface area contributed by atoms with E-state index in [1.807, 2.05) is 0 Å². The molecule has 14 heavy (non-hydrogen) atoms. The largest absolute Gasteiger partial charge is 0.481 e. The van der Waals surface area contributed by atoms with Crippen molar-refractivity contribution in [2.75, 3.05) is 19.7 Å². The summed E-state index contributed by atoms with van der Waals surface area (Å²) in [5, 5.41) is 20.6. The fraction of sp³-hybridized carbons (Fsp3) is 0.889. The molecule has 0 aromatic carbocycles. The molecule has 82 valence electrons. The first-order valence-electron chi connectivity index (χ1n) is 4.90. The van der Waals surface area contributed by atoms with Crippen LogP contribution in [0.1, 0.15) is 19.3 Å². The van der Waals surface area contributed by atoms with E-state index < -0.39 is 12.1 Å². The van der Waals surface area contributed by atoms with Crippen molar-refractivity contribution < 1.29 is 19.7 Å². The lowest BCUT2D eigenvalue weighted by atomic mass is 10.2. The SMILES string of the molecule is O=C(O)CC(O)CNCC1CCCO1. The summed E-state index contributed by atoms with van der Waals surface area (Å²) < 4.78 is 5.36. The quantitative estimate of drug-likeness (QED) is 0.547. The Hall–Kier alpha value is -0.650. The summed E-state index contributed by atoms with van der Waals surface area (Å²) in [4.78, 5) is 10.2. The Morgan fingerprint density at radius 2 is 2.43 bits per heavy atom. The summed E-state index contributed by atoms with van der Waals surface area (Å²) in [6, 6.07) is 0. The molecule has 0 aromatic rings. The summed E-state index contributed by atoms with van der Waals surface area (Å²) in [7, 11) is 0. The minimum atomic E-state index is -0.976. The highest BCUT2D eigenvalue weighted by atomic mass is 16.5. The molecule has 0 radical (unpaired) electrons. The average Bonchev–Trinajstić information content (AvgIpc) is 2.55. The fourth-order valence-corrected chi connectivity index (χ4v) is 1.49. The lowest BCUT2D eigenvalue weighted by molar-refractivity contribution is -0.139. The number of carboxylic acid groups (broad SMARTS) is 1. The summed E-state index contributed by atoms with van der Waals surface area (Å²) >= 11 is 0. The maximum atomic E-state index is 10.2. The van der Waals surface area contributed by atoms with Gasteiger partial charge in [-0.3, -0.25) is 4.79 Å². The van der Waals surface area contributed by atoms with E-state index in [2.05, 4.69) is 5.32 Å². The molecule has 3 N–H and O–H groups in total. The Morgan fingerprint density at radius 1 is 1.64 bits per heavy atom. The van der Waals surface area contributed by atoms with Crippen LogP contribution in [0.2, 0.25) is 0 Å². The van der Waals surface area contributed by atoms with Crippen LogP contribution < -0.4 is 5.32 Å². The van der Waals surface area contributed by atoms with Crippen LogP contribution in [-0.2, 0) is 9.53 Å². The Labute approximate surface area is 83.1 Å². The fourth-order valence-electron chi connectivity index (χ4n) is 1.49. The van der Waals surface area contributed by atoms with Crippen LogP contribution >= 0.6 is 0 Å². The Balaban J connectivity index is 1.99. The standard InChI is InChI=1S/C9H17NO4/c11-7(4-9(12)13)5-10-6-8-2-1-3-14-8/h7-8,10-11H,1-6H2,(H,12,13). The number of hydrogen-bond acceptors (Lipinski definition) is 4. The highest BCUT2D eigenvalue weighted by Gasteiger charge is 2.15. The zero-order valence-corrected chi connectivity index (χ0v) is 8.11. The third-order valence-corrected chi connectivity index (χ3v) is 2.19. The minimum absolute atomic E-state index is 0.210. The van der Waals surface area contributed by atoms with Gasteiger partial charge in [0.2, 0.25) is 0 Å². The Kier molecular flexibility index (Phi) is 4.86. The number of carboxylic acids is 1. The molecule has 2 unspecified atom stereocenters. The molecular weight excluding hydrogens is 186 g/mol. The molecule has 0 aromatic heterocycles. The first-order chi connectivity index (χ1) is 6.68. The van der Waals surface area contributed by atoms with Crippen LogP contribution in [0.15, 0.2) is 0 Å². The van der Waals surface area contributed by atoms with Crippen molar-refractivity contribution in [3.63, 3.8) is 0 Å².